The van der Waals surface area contributed by atoms with Crippen molar-refractivity contribution in [2.75, 3.05) is 24.6 Å². The minimum Gasteiger partial charge on any atom is -0.342 e. The molecule has 0 heterocycles. The summed E-state index contributed by atoms with van der Waals surface area (Å²) in [5.74, 6) is 2.44. The quantitative estimate of drug-likeness (QED) is 0.486. The molecular formula is C18H26N2S2+2. The van der Waals surface area contributed by atoms with Gasteiger partial charge in [-0.15, -0.1) is 0 Å². The molecule has 0 aliphatic heterocycles. The maximum Gasteiger partial charge on any atom is 0.101 e. The first-order chi connectivity index (χ1) is 10.9. The molecule has 0 aliphatic rings. The average Bonchev–Trinajstić information content (AvgIpc) is 2.58. The fourth-order valence-corrected chi connectivity index (χ4v) is 4.19. The van der Waals surface area contributed by atoms with E-state index < -0.39 is 0 Å². The third-order valence-corrected chi connectivity index (χ3v) is 5.81. The topological polar surface area (TPSA) is 33.2 Å². The lowest BCUT2D eigenvalue weighted by atomic mass is 10.2. The second-order valence-corrected chi connectivity index (χ2v) is 7.88. The van der Waals surface area contributed by atoms with Crippen molar-refractivity contribution < 1.29 is 10.6 Å². The standard InChI is InChI=1S/C18H24N2S2/c1-3-7-17(8-4-1)15-19-11-13-21-22-14-12-20-16-18-9-5-2-6-10-18/h1-10,19-20H,11-16H2/p+2. The van der Waals surface area contributed by atoms with Gasteiger partial charge in [-0.1, -0.05) is 82.3 Å². The Hall–Kier alpha value is -0.940. The van der Waals surface area contributed by atoms with Gasteiger partial charge in [0.2, 0.25) is 0 Å². The summed E-state index contributed by atoms with van der Waals surface area (Å²) in [5.41, 5.74) is 2.83. The number of nitrogens with two attached hydrogens (primary N) is 2. The highest BCUT2D eigenvalue weighted by atomic mass is 33.1. The molecule has 2 aromatic carbocycles. The summed E-state index contributed by atoms with van der Waals surface area (Å²) in [5, 5.41) is 4.79. The number of hydrogen-bond acceptors (Lipinski definition) is 2. The molecule has 0 bridgehead atoms. The Kier molecular flexibility index (Phi) is 9.19. The minimum absolute atomic E-state index is 1.09. The fraction of sp³-hybridized carbons (Fsp3) is 0.333. The highest BCUT2D eigenvalue weighted by Gasteiger charge is 1.97. The monoisotopic (exact) mass is 334 g/mol. The number of rotatable bonds is 11. The van der Waals surface area contributed by atoms with E-state index in [-0.39, 0.29) is 0 Å². The molecule has 118 valence electrons. The van der Waals surface area contributed by atoms with Crippen molar-refractivity contribution in [3.05, 3.63) is 71.8 Å². The second kappa shape index (κ2) is 11.6. The summed E-state index contributed by atoms with van der Waals surface area (Å²) < 4.78 is 0. The first-order valence-corrected chi connectivity index (χ1v) is 10.4. The first-order valence-electron chi connectivity index (χ1n) is 7.91. The summed E-state index contributed by atoms with van der Waals surface area (Å²) in [6, 6.07) is 21.4. The molecule has 2 nitrogen and oxygen atoms in total. The van der Waals surface area contributed by atoms with Gasteiger partial charge in [0.25, 0.3) is 0 Å². The third kappa shape index (κ3) is 7.90. The van der Waals surface area contributed by atoms with Crippen LogP contribution in [0.25, 0.3) is 0 Å². The summed E-state index contributed by atoms with van der Waals surface area (Å²) >= 11 is 0. The molecule has 2 aromatic rings. The molecule has 0 spiro atoms. The van der Waals surface area contributed by atoms with Crippen LogP contribution in [0.2, 0.25) is 0 Å². The zero-order chi connectivity index (χ0) is 15.3. The maximum atomic E-state index is 2.39. The van der Waals surface area contributed by atoms with Crippen molar-refractivity contribution >= 4 is 21.6 Å². The molecule has 0 aliphatic carbocycles. The smallest absolute Gasteiger partial charge is 0.101 e. The van der Waals surface area contributed by atoms with Gasteiger partial charge in [-0.05, 0) is 0 Å². The SMILES string of the molecule is c1ccc(C[NH2+]CCSSCC[NH2+]Cc2ccccc2)cc1. The molecule has 4 heteroatoms. The van der Waals surface area contributed by atoms with E-state index in [1.54, 1.807) is 0 Å². The maximum absolute atomic E-state index is 2.39. The van der Waals surface area contributed by atoms with Gasteiger partial charge in [-0.25, -0.2) is 0 Å². The van der Waals surface area contributed by atoms with E-state index in [2.05, 4.69) is 71.3 Å². The summed E-state index contributed by atoms with van der Waals surface area (Å²) in [6.07, 6.45) is 0. The van der Waals surface area contributed by atoms with Crippen LogP contribution in [0.5, 0.6) is 0 Å². The normalized spacial score (nSPS) is 10.7. The van der Waals surface area contributed by atoms with E-state index in [1.807, 2.05) is 21.6 Å². The molecule has 0 atom stereocenters. The molecular weight excluding hydrogens is 308 g/mol. The largest absolute Gasteiger partial charge is 0.342 e. The summed E-state index contributed by atoms with van der Waals surface area (Å²) in [6.45, 7) is 4.58. The van der Waals surface area contributed by atoms with Gasteiger partial charge in [0.1, 0.15) is 13.1 Å². The van der Waals surface area contributed by atoms with E-state index in [9.17, 15) is 0 Å². The Bertz CT molecular complexity index is 443. The van der Waals surface area contributed by atoms with E-state index >= 15 is 0 Å². The van der Waals surface area contributed by atoms with Crippen LogP contribution in [0, 0.1) is 0 Å². The van der Waals surface area contributed by atoms with Gasteiger partial charge in [0.15, 0.2) is 0 Å². The van der Waals surface area contributed by atoms with E-state index in [0.717, 1.165) is 13.1 Å². The van der Waals surface area contributed by atoms with Gasteiger partial charge in [-0.3, -0.25) is 0 Å². The molecule has 22 heavy (non-hydrogen) atoms. The fourth-order valence-electron chi connectivity index (χ4n) is 2.15. The van der Waals surface area contributed by atoms with Crippen molar-refractivity contribution in [1.82, 2.24) is 0 Å². The number of benzene rings is 2. The van der Waals surface area contributed by atoms with E-state index in [0.29, 0.717) is 0 Å². The van der Waals surface area contributed by atoms with Crippen molar-refractivity contribution in [2.24, 2.45) is 0 Å². The second-order valence-electron chi connectivity index (χ2n) is 5.18. The lowest BCUT2D eigenvalue weighted by molar-refractivity contribution is -0.666. The van der Waals surface area contributed by atoms with Crippen LogP contribution in [-0.2, 0) is 13.1 Å². The number of quaternary nitrogens is 2. The lowest BCUT2D eigenvalue weighted by Gasteiger charge is -2.03. The van der Waals surface area contributed by atoms with Gasteiger partial charge in [-0.2, -0.15) is 0 Å². The molecule has 4 N–H and O–H groups in total. The Morgan fingerprint density at radius 2 is 1.00 bits per heavy atom. The predicted octanol–water partition coefficient (Wildman–Crippen LogP) is 1.89. The summed E-state index contributed by atoms with van der Waals surface area (Å²) in [4.78, 5) is 0. The highest BCUT2D eigenvalue weighted by molar-refractivity contribution is 8.76. The Morgan fingerprint density at radius 3 is 1.41 bits per heavy atom. The Labute approximate surface area is 141 Å². The van der Waals surface area contributed by atoms with E-state index in [1.165, 1.54) is 35.7 Å². The number of hydrogen-bond donors (Lipinski definition) is 2. The molecule has 2 rings (SSSR count). The third-order valence-electron chi connectivity index (χ3n) is 3.34. The van der Waals surface area contributed by atoms with Crippen molar-refractivity contribution in [2.45, 2.75) is 13.1 Å². The molecule has 0 radical (unpaired) electrons. The first kappa shape index (κ1) is 17.4. The van der Waals surface area contributed by atoms with Crippen LogP contribution in [0.4, 0.5) is 0 Å². The van der Waals surface area contributed by atoms with Crippen LogP contribution in [-0.4, -0.2) is 24.6 Å². The zero-order valence-electron chi connectivity index (χ0n) is 13.0. The van der Waals surface area contributed by atoms with E-state index in [4.69, 9.17) is 0 Å². The van der Waals surface area contributed by atoms with Crippen LogP contribution in [0.15, 0.2) is 60.7 Å². The van der Waals surface area contributed by atoms with Crippen molar-refractivity contribution in [1.29, 1.82) is 0 Å². The molecule has 0 fully saturated rings. The van der Waals surface area contributed by atoms with Crippen LogP contribution >= 0.6 is 21.6 Å². The van der Waals surface area contributed by atoms with Crippen molar-refractivity contribution in [3.63, 3.8) is 0 Å². The average molecular weight is 335 g/mol. The Morgan fingerprint density at radius 1 is 0.591 bits per heavy atom. The highest BCUT2D eigenvalue weighted by Crippen LogP contribution is 2.18. The van der Waals surface area contributed by atoms with Gasteiger partial charge >= 0.3 is 0 Å². The van der Waals surface area contributed by atoms with Gasteiger partial charge in [0.05, 0.1) is 24.6 Å². The molecule has 0 unspecified atom stereocenters. The molecule has 0 saturated heterocycles. The molecule has 0 saturated carbocycles. The molecule has 0 amide bonds. The van der Waals surface area contributed by atoms with Gasteiger partial charge < -0.3 is 10.6 Å². The zero-order valence-corrected chi connectivity index (χ0v) is 14.6. The van der Waals surface area contributed by atoms with Gasteiger partial charge in [0, 0.05) is 11.1 Å². The lowest BCUT2D eigenvalue weighted by Crippen LogP contribution is -2.83. The van der Waals surface area contributed by atoms with Crippen LogP contribution in [0.1, 0.15) is 11.1 Å². The minimum atomic E-state index is 1.09. The van der Waals surface area contributed by atoms with Crippen molar-refractivity contribution in [3.8, 4) is 0 Å². The predicted molar refractivity (Wildman–Crippen MR) is 98.8 cm³/mol. The molecule has 0 aromatic heterocycles. The summed E-state index contributed by atoms with van der Waals surface area (Å²) in [7, 11) is 4.00. The van der Waals surface area contributed by atoms with Crippen LogP contribution in [0.3, 0.4) is 0 Å². The Balaban J connectivity index is 1.37. The van der Waals surface area contributed by atoms with Crippen LogP contribution < -0.4 is 10.6 Å².